The number of hydrogen-bond donors (Lipinski definition) is 1. The highest BCUT2D eigenvalue weighted by atomic mass is 32.2. The minimum Gasteiger partial charge on any atom is -0.309 e. The van der Waals surface area contributed by atoms with Crippen molar-refractivity contribution in [2.45, 2.75) is 39.2 Å². The summed E-state index contributed by atoms with van der Waals surface area (Å²) in [5.41, 5.74) is 3.40. The first-order chi connectivity index (χ1) is 8.65. The van der Waals surface area contributed by atoms with Crippen LogP contribution in [0.1, 0.15) is 43.9 Å². The SMILES string of the molecule is CSCCCCNC1c2ccccc2CC1(C)C. The molecule has 1 aromatic rings. The summed E-state index contributed by atoms with van der Waals surface area (Å²) in [5, 5.41) is 3.78. The molecule has 1 N–H and O–H groups in total. The van der Waals surface area contributed by atoms with Crippen LogP contribution >= 0.6 is 11.8 Å². The van der Waals surface area contributed by atoms with E-state index in [2.05, 4.69) is 49.7 Å². The van der Waals surface area contributed by atoms with Gasteiger partial charge in [-0.25, -0.2) is 0 Å². The second-order valence-electron chi connectivity index (χ2n) is 5.95. The summed E-state index contributed by atoms with van der Waals surface area (Å²) in [6.45, 7) is 5.90. The van der Waals surface area contributed by atoms with Crippen molar-refractivity contribution >= 4 is 11.8 Å². The van der Waals surface area contributed by atoms with Gasteiger partial charge in [0.25, 0.3) is 0 Å². The molecule has 1 unspecified atom stereocenters. The van der Waals surface area contributed by atoms with Gasteiger partial charge in [0.2, 0.25) is 0 Å². The Balaban J connectivity index is 1.94. The van der Waals surface area contributed by atoms with Gasteiger partial charge in [0.05, 0.1) is 0 Å². The molecule has 0 amide bonds. The molecule has 0 bridgehead atoms. The zero-order chi connectivity index (χ0) is 13.0. The van der Waals surface area contributed by atoms with E-state index in [1.54, 1.807) is 0 Å². The zero-order valence-electron chi connectivity index (χ0n) is 11.8. The van der Waals surface area contributed by atoms with Crippen molar-refractivity contribution in [1.29, 1.82) is 0 Å². The first kappa shape index (κ1) is 14.0. The fraction of sp³-hybridized carbons (Fsp3) is 0.625. The lowest BCUT2D eigenvalue weighted by Gasteiger charge is -2.28. The number of fused-ring (bicyclic) bond motifs is 1. The topological polar surface area (TPSA) is 12.0 Å². The van der Waals surface area contributed by atoms with Gasteiger partial charge in [-0.2, -0.15) is 11.8 Å². The second kappa shape index (κ2) is 6.12. The van der Waals surface area contributed by atoms with E-state index in [0.29, 0.717) is 11.5 Å². The van der Waals surface area contributed by atoms with Gasteiger partial charge >= 0.3 is 0 Å². The predicted octanol–water partition coefficient (Wildman–Crippen LogP) is 4.04. The summed E-state index contributed by atoms with van der Waals surface area (Å²) in [4.78, 5) is 0. The van der Waals surface area contributed by atoms with Crippen LogP contribution in [0.3, 0.4) is 0 Å². The summed E-state index contributed by atoms with van der Waals surface area (Å²) in [6, 6.07) is 9.44. The first-order valence-corrected chi connectivity index (χ1v) is 8.34. The number of rotatable bonds is 6. The average molecular weight is 263 g/mol. The molecule has 0 saturated carbocycles. The monoisotopic (exact) mass is 263 g/mol. The van der Waals surface area contributed by atoms with E-state index < -0.39 is 0 Å². The van der Waals surface area contributed by atoms with Crippen LogP contribution in [0.15, 0.2) is 24.3 Å². The van der Waals surface area contributed by atoms with Crippen LogP contribution in [0.2, 0.25) is 0 Å². The maximum absolute atomic E-state index is 3.78. The second-order valence-corrected chi connectivity index (χ2v) is 6.94. The lowest BCUT2D eigenvalue weighted by Crippen LogP contribution is -2.31. The van der Waals surface area contributed by atoms with Crippen LogP contribution in [0.5, 0.6) is 0 Å². The molecule has 0 saturated heterocycles. The van der Waals surface area contributed by atoms with Crippen molar-refractivity contribution in [3.63, 3.8) is 0 Å². The van der Waals surface area contributed by atoms with E-state index in [9.17, 15) is 0 Å². The van der Waals surface area contributed by atoms with Gasteiger partial charge in [-0.1, -0.05) is 38.1 Å². The molecule has 1 aliphatic carbocycles. The molecule has 0 radical (unpaired) electrons. The van der Waals surface area contributed by atoms with Crippen molar-refractivity contribution < 1.29 is 0 Å². The van der Waals surface area contributed by atoms with Gasteiger partial charge < -0.3 is 5.32 Å². The van der Waals surface area contributed by atoms with E-state index in [0.717, 1.165) is 6.54 Å². The summed E-state index contributed by atoms with van der Waals surface area (Å²) in [5.74, 6) is 1.28. The fourth-order valence-electron chi connectivity index (χ4n) is 2.99. The Morgan fingerprint density at radius 3 is 2.83 bits per heavy atom. The highest BCUT2D eigenvalue weighted by Crippen LogP contribution is 2.44. The van der Waals surface area contributed by atoms with Crippen LogP contribution in [0, 0.1) is 5.41 Å². The van der Waals surface area contributed by atoms with Gasteiger partial charge in [-0.3, -0.25) is 0 Å². The summed E-state index contributed by atoms with van der Waals surface area (Å²) >= 11 is 1.94. The lowest BCUT2D eigenvalue weighted by atomic mass is 9.85. The van der Waals surface area contributed by atoms with E-state index in [1.807, 2.05) is 11.8 Å². The normalized spacial score (nSPS) is 20.9. The predicted molar refractivity (Wildman–Crippen MR) is 82.3 cm³/mol. The molecule has 100 valence electrons. The van der Waals surface area contributed by atoms with E-state index >= 15 is 0 Å². The van der Waals surface area contributed by atoms with Gasteiger partial charge in [-0.15, -0.1) is 0 Å². The minimum atomic E-state index is 0.350. The summed E-state index contributed by atoms with van der Waals surface area (Å²) in [6.07, 6.45) is 5.99. The molecular formula is C16H25NS. The van der Waals surface area contributed by atoms with Crippen molar-refractivity contribution in [2.24, 2.45) is 5.41 Å². The Morgan fingerprint density at radius 1 is 1.28 bits per heavy atom. The van der Waals surface area contributed by atoms with Gasteiger partial charge in [0, 0.05) is 6.04 Å². The standard InChI is InChI=1S/C16H25NS/c1-16(2)12-13-8-4-5-9-14(13)15(16)17-10-6-7-11-18-3/h4-5,8-9,15,17H,6-7,10-12H2,1-3H3. The Kier molecular flexibility index (Phi) is 4.74. The molecule has 18 heavy (non-hydrogen) atoms. The number of thioether (sulfide) groups is 1. The van der Waals surface area contributed by atoms with Crippen LogP contribution < -0.4 is 5.32 Å². The molecule has 0 spiro atoms. The number of benzene rings is 1. The maximum Gasteiger partial charge on any atom is 0.0377 e. The van der Waals surface area contributed by atoms with Crippen molar-refractivity contribution in [3.05, 3.63) is 35.4 Å². The Labute approximate surface area is 116 Å². The first-order valence-electron chi connectivity index (χ1n) is 6.95. The van der Waals surface area contributed by atoms with Crippen molar-refractivity contribution in [2.75, 3.05) is 18.6 Å². The molecule has 0 aliphatic heterocycles. The molecule has 1 nitrogen and oxygen atoms in total. The maximum atomic E-state index is 3.78. The quantitative estimate of drug-likeness (QED) is 0.777. The molecule has 1 atom stereocenters. The van der Waals surface area contributed by atoms with Crippen LogP contribution in [-0.4, -0.2) is 18.6 Å². The molecule has 0 heterocycles. The van der Waals surface area contributed by atoms with E-state index in [1.165, 1.54) is 36.1 Å². The molecule has 2 rings (SSSR count). The molecule has 2 heteroatoms. The van der Waals surface area contributed by atoms with Crippen LogP contribution in [0.25, 0.3) is 0 Å². The van der Waals surface area contributed by atoms with Crippen molar-refractivity contribution in [1.82, 2.24) is 5.32 Å². The third kappa shape index (κ3) is 3.10. The highest BCUT2D eigenvalue weighted by Gasteiger charge is 2.37. The van der Waals surface area contributed by atoms with Crippen LogP contribution in [-0.2, 0) is 6.42 Å². The third-order valence-electron chi connectivity index (χ3n) is 3.92. The number of unbranched alkanes of at least 4 members (excludes halogenated alkanes) is 1. The van der Waals surface area contributed by atoms with Gasteiger partial charge in [0.15, 0.2) is 0 Å². The molecular weight excluding hydrogens is 238 g/mol. The average Bonchev–Trinajstić information content (AvgIpc) is 2.60. The fourth-order valence-corrected chi connectivity index (χ4v) is 3.49. The van der Waals surface area contributed by atoms with E-state index in [4.69, 9.17) is 0 Å². The number of hydrogen-bond acceptors (Lipinski definition) is 2. The van der Waals surface area contributed by atoms with Gasteiger partial charge in [-0.05, 0) is 54.4 Å². The Hall–Kier alpha value is -0.470. The Morgan fingerprint density at radius 2 is 2.06 bits per heavy atom. The van der Waals surface area contributed by atoms with E-state index in [-0.39, 0.29) is 0 Å². The minimum absolute atomic E-state index is 0.350. The smallest absolute Gasteiger partial charge is 0.0377 e. The molecule has 1 aliphatic rings. The van der Waals surface area contributed by atoms with Gasteiger partial charge in [0.1, 0.15) is 0 Å². The molecule has 1 aromatic carbocycles. The summed E-state index contributed by atoms with van der Waals surface area (Å²) < 4.78 is 0. The Bertz CT molecular complexity index is 386. The number of nitrogens with one attached hydrogen (secondary N) is 1. The third-order valence-corrected chi connectivity index (χ3v) is 4.61. The molecule has 0 fully saturated rings. The highest BCUT2D eigenvalue weighted by molar-refractivity contribution is 7.98. The lowest BCUT2D eigenvalue weighted by molar-refractivity contribution is 0.269. The van der Waals surface area contributed by atoms with Crippen molar-refractivity contribution in [3.8, 4) is 0 Å². The van der Waals surface area contributed by atoms with Crippen LogP contribution in [0.4, 0.5) is 0 Å². The molecule has 0 aromatic heterocycles. The largest absolute Gasteiger partial charge is 0.309 e. The zero-order valence-corrected chi connectivity index (χ0v) is 12.6. The summed E-state index contributed by atoms with van der Waals surface area (Å²) in [7, 11) is 0.